The number of nitrogens with one attached hydrogen (secondary N) is 2. The van der Waals surface area contributed by atoms with Gasteiger partial charge < -0.3 is 30.1 Å². The fraction of sp³-hybridized carbons (Fsp3) is 0.444. The van der Waals surface area contributed by atoms with Crippen LogP contribution in [0.5, 0.6) is 5.75 Å². The molecule has 9 nitrogen and oxygen atoms in total. The molecule has 0 spiro atoms. The van der Waals surface area contributed by atoms with E-state index in [0.717, 1.165) is 11.1 Å². The molecular weight excluding hydrogens is 462 g/mol. The average Bonchev–Trinajstić information content (AvgIpc) is 2.80. The van der Waals surface area contributed by atoms with Crippen LogP contribution in [0.2, 0.25) is 0 Å². The predicted molar refractivity (Wildman–Crippen MR) is 138 cm³/mol. The van der Waals surface area contributed by atoms with Crippen molar-refractivity contribution in [2.75, 3.05) is 25.6 Å². The van der Waals surface area contributed by atoms with Crippen LogP contribution in [0.1, 0.15) is 50.4 Å². The van der Waals surface area contributed by atoms with Crippen LogP contribution >= 0.6 is 0 Å². The van der Waals surface area contributed by atoms with E-state index in [4.69, 9.17) is 9.47 Å². The second kappa shape index (κ2) is 12.4. The van der Waals surface area contributed by atoms with Gasteiger partial charge in [-0.15, -0.1) is 0 Å². The lowest BCUT2D eigenvalue weighted by atomic mass is 9.95. The van der Waals surface area contributed by atoms with Crippen LogP contribution in [-0.4, -0.2) is 59.8 Å². The van der Waals surface area contributed by atoms with E-state index in [0.29, 0.717) is 17.0 Å². The molecule has 2 aromatic rings. The summed E-state index contributed by atoms with van der Waals surface area (Å²) < 4.78 is 10.4. The van der Waals surface area contributed by atoms with E-state index in [2.05, 4.69) is 10.6 Å². The van der Waals surface area contributed by atoms with Crippen LogP contribution in [0.15, 0.2) is 42.5 Å². The Hall–Kier alpha value is -3.59. The molecule has 0 saturated heterocycles. The second-order valence-corrected chi connectivity index (χ2v) is 9.53. The number of methoxy groups -OCH3 is 1. The summed E-state index contributed by atoms with van der Waals surface area (Å²) in [5.41, 5.74) is 2.19. The van der Waals surface area contributed by atoms with Crippen LogP contribution in [-0.2, 0) is 14.3 Å². The minimum atomic E-state index is -1.06. The minimum absolute atomic E-state index is 0.118. The quantitative estimate of drug-likeness (QED) is 0.484. The lowest BCUT2D eigenvalue weighted by Crippen LogP contribution is -2.52. The van der Waals surface area contributed by atoms with Crippen molar-refractivity contribution in [3.05, 3.63) is 59.2 Å². The normalized spacial score (nSPS) is 12.8. The molecule has 0 saturated carbocycles. The summed E-state index contributed by atoms with van der Waals surface area (Å²) in [6.07, 6.45) is -0.752. The van der Waals surface area contributed by atoms with E-state index in [1.54, 1.807) is 58.2 Å². The number of aryl methyl sites for hydroxylation is 1. The van der Waals surface area contributed by atoms with Crippen molar-refractivity contribution in [3.8, 4) is 5.75 Å². The number of ether oxygens (including phenoxy) is 2. The first-order valence-corrected chi connectivity index (χ1v) is 11.8. The Morgan fingerprint density at radius 2 is 1.69 bits per heavy atom. The standard InChI is InChI=1S/C27H37N3O6/c1-17-9-8-10-22(18(17)2)23(24(32)29-20-11-13-21(35-7)14-12-20)30(15-16-31)25(33)19(3)28-26(34)36-27(4,5)6/h8-14,19,23,31H,15-16H2,1-7H3,(H,28,34)(H,29,32). The maximum Gasteiger partial charge on any atom is 0.408 e. The first-order valence-electron chi connectivity index (χ1n) is 11.8. The molecule has 3 N–H and O–H groups in total. The van der Waals surface area contributed by atoms with Gasteiger partial charge in [0, 0.05) is 12.2 Å². The molecule has 0 radical (unpaired) electrons. The molecule has 0 heterocycles. The Morgan fingerprint density at radius 3 is 2.25 bits per heavy atom. The first kappa shape index (κ1) is 28.6. The number of aliphatic hydroxyl groups excluding tert-OH is 1. The maximum atomic E-state index is 13.7. The summed E-state index contributed by atoms with van der Waals surface area (Å²) >= 11 is 0. The molecule has 2 rings (SSSR count). The molecule has 2 unspecified atom stereocenters. The monoisotopic (exact) mass is 499 g/mol. The number of aliphatic hydroxyl groups is 1. The van der Waals surface area contributed by atoms with E-state index in [-0.39, 0.29) is 13.2 Å². The lowest BCUT2D eigenvalue weighted by Gasteiger charge is -2.34. The smallest absolute Gasteiger partial charge is 0.408 e. The Labute approximate surface area is 212 Å². The van der Waals surface area contributed by atoms with E-state index in [1.807, 2.05) is 26.0 Å². The van der Waals surface area contributed by atoms with E-state index >= 15 is 0 Å². The van der Waals surface area contributed by atoms with Gasteiger partial charge in [-0.3, -0.25) is 9.59 Å². The van der Waals surface area contributed by atoms with Crippen molar-refractivity contribution in [2.45, 2.75) is 59.2 Å². The summed E-state index contributed by atoms with van der Waals surface area (Å²) in [6, 6.07) is 10.3. The van der Waals surface area contributed by atoms with Gasteiger partial charge in [-0.25, -0.2) is 4.79 Å². The highest BCUT2D eigenvalue weighted by molar-refractivity contribution is 5.99. The van der Waals surface area contributed by atoms with Gasteiger partial charge in [0.25, 0.3) is 5.91 Å². The van der Waals surface area contributed by atoms with Crippen molar-refractivity contribution in [2.24, 2.45) is 0 Å². The van der Waals surface area contributed by atoms with Crippen LogP contribution < -0.4 is 15.4 Å². The number of nitrogens with zero attached hydrogens (tertiary/aromatic N) is 1. The third-order valence-corrected chi connectivity index (χ3v) is 5.59. The van der Waals surface area contributed by atoms with Crippen LogP contribution in [0, 0.1) is 13.8 Å². The van der Waals surface area contributed by atoms with Gasteiger partial charge in [0.2, 0.25) is 5.91 Å². The van der Waals surface area contributed by atoms with Crippen molar-refractivity contribution >= 4 is 23.6 Å². The minimum Gasteiger partial charge on any atom is -0.497 e. The summed E-state index contributed by atoms with van der Waals surface area (Å²) in [6.45, 7) is 9.98. The van der Waals surface area contributed by atoms with E-state index in [9.17, 15) is 19.5 Å². The third kappa shape index (κ3) is 7.71. The van der Waals surface area contributed by atoms with Crippen molar-refractivity contribution in [1.82, 2.24) is 10.2 Å². The topological polar surface area (TPSA) is 117 Å². The number of carbonyl (C=O) groups is 3. The number of anilines is 1. The molecule has 2 aromatic carbocycles. The zero-order valence-corrected chi connectivity index (χ0v) is 22.0. The van der Waals surface area contributed by atoms with Gasteiger partial charge in [0.1, 0.15) is 23.4 Å². The molecule has 0 bridgehead atoms. The van der Waals surface area contributed by atoms with Gasteiger partial charge >= 0.3 is 6.09 Å². The number of rotatable bonds is 9. The molecule has 0 aromatic heterocycles. The number of amides is 3. The highest BCUT2D eigenvalue weighted by Crippen LogP contribution is 2.28. The summed E-state index contributed by atoms with van der Waals surface area (Å²) in [4.78, 5) is 40.7. The zero-order valence-electron chi connectivity index (χ0n) is 22.0. The number of carbonyl (C=O) groups excluding carboxylic acids is 3. The van der Waals surface area contributed by atoms with Crippen LogP contribution in [0.4, 0.5) is 10.5 Å². The molecule has 0 aliphatic carbocycles. The van der Waals surface area contributed by atoms with Crippen molar-refractivity contribution < 1.29 is 29.0 Å². The van der Waals surface area contributed by atoms with Crippen LogP contribution in [0.25, 0.3) is 0 Å². The fourth-order valence-electron chi connectivity index (χ4n) is 3.67. The molecule has 0 aliphatic rings. The Morgan fingerprint density at radius 1 is 1.06 bits per heavy atom. The van der Waals surface area contributed by atoms with E-state index in [1.165, 1.54) is 11.8 Å². The maximum absolute atomic E-state index is 13.7. The largest absolute Gasteiger partial charge is 0.497 e. The molecule has 0 fully saturated rings. The molecule has 196 valence electrons. The SMILES string of the molecule is COc1ccc(NC(=O)C(c2cccc(C)c2C)N(CCO)C(=O)C(C)NC(=O)OC(C)(C)C)cc1. The third-order valence-electron chi connectivity index (χ3n) is 5.59. The van der Waals surface area contributed by atoms with Crippen molar-refractivity contribution in [1.29, 1.82) is 0 Å². The predicted octanol–water partition coefficient (Wildman–Crippen LogP) is 3.73. The number of benzene rings is 2. The second-order valence-electron chi connectivity index (χ2n) is 9.53. The average molecular weight is 500 g/mol. The van der Waals surface area contributed by atoms with E-state index < -0.39 is 35.6 Å². The van der Waals surface area contributed by atoms with Gasteiger partial charge in [0.15, 0.2) is 0 Å². The molecule has 0 aliphatic heterocycles. The summed E-state index contributed by atoms with van der Waals surface area (Å²) in [5, 5.41) is 15.2. The first-order chi connectivity index (χ1) is 16.9. The van der Waals surface area contributed by atoms with Gasteiger partial charge in [-0.2, -0.15) is 0 Å². The highest BCUT2D eigenvalue weighted by atomic mass is 16.6. The fourth-order valence-corrected chi connectivity index (χ4v) is 3.67. The lowest BCUT2D eigenvalue weighted by molar-refractivity contribution is -0.141. The number of hydrogen-bond donors (Lipinski definition) is 3. The van der Waals surface area contributed by atoms with Gasteiger partial charge in [-0.05, 0) is 82.5 Å². The Kier molecular flexibility index (Phi) is 9.86. The molecule has 9 heteroatoms. The Bertz CT molecular complexity index is 1060. The van der Waals surface area contributed by atoms with Crippen LogP contribution in [0.3, 0.4) is 0 Å². The number of alkyl carbamates (subject to hydrolysis) is 1. The molecule has 2 atom stereocenters. The molecule has 3 amide bonds. The summed E-state index contributed by atoms with van der Waals surface area (Å²) in [7, 11) is 1.55. The molecule has 36 heavy (non-hydrogen) atoms. The van der Waals surface area contributed by atoms with Gasteiger partial charge in [-0.1, -0.05) is 18.2 Å². The molecular formula is C27H37N3O6. The Balaban J connectivity index is 2.43. The number of hydrogen-bond acceptors (Lipinski definition) is 6. The van der Waals surface area contributed by atoms with Gasteiger partial charge in [0.05, 0.1) is 13.7 Å². The highest BCUT2D eigenvalue weighted by Gasteiger charge is 2.35. The zero-order chi connectivity index (χ0) is 27.0. The van der Waals surface area contributed by atoms with Crippen molar-refractivity contribution in [3.63, 3.8) is 0 Å². The summed E-state index contributed by atoms with van der Waals surface area (Å²) in [5.74, 6) is -0.357.